The Bertz CT molecular complexity index is 449. The maximum Gasteiger partial charge on any atom is 0.143 e. The molecule has 16 heavy (non-hydrogen) atoms. The quantitative estimate of drug-likeness (QED) is 0.730. The number of carbonyl (C=O) groups is 1. The fraction of sp³-hybridized carbons (Fsp3) is 0.462. The van der Waals surface area contributed by atoms with Crippen LogP contribution in [0.4, 0.5) is 4.39 Å². The topological polar surface area (TPSA) is 26.3 Å². The van der Waals surface area contributed by atoms with Gasteiger partial charge in [-0.2, -0.15) is 0 Å². The van der Waals surface area contributed by atoms with Gasteiger partial charge in [-0.3, -0.25) is 4.79 Å². The Morgan fingerprint density at radius 2 is 2.00 bits per heavy atom. The van der Waals surface area contributed by atoms with Gasteiger partial charge in [0, 0.05) is 12.0 Å². The first-order valence-electron chi connectivity index (χ1n) is 5.37. The van der Waals surface area contributed by atoms with Crippen molar-refractivity contribution in [2.75, 3.05) is 7.11 Å². The number of ketones is 1. The van der Waals surface area contributed by atoms with E-state index in [1.807, 2.05) is 13.8 Å². The number of methoxy groups -OCH3 is 1. The van der Waals surface area contributed by atoms with Crippen LogP contribution in [0.5, 0.6) is 5.75 Å². The fourth-order valence-electron chi connectivity index (χ4n) is 2.39. The van der Waals surface area contributed by atoms with Crippen molar-refractivity contribution in [1.29, 1.82) is 0 Å². The van der Waals surface area contributed by atoms with Crippen LogP contribution in [0.3, 0.4) is 0 Å². The largest absolute Gasteiger partial charge is 0.496 e. The standard InChI is InChI=1S/C13H15FO2/c1-13(2)11(15)7-4-8-9(14)5-6-10(16-3)12(8)13/h5-6H,4,7H2,1-3H3. The summed E-state index contributed by atoms with van der Waals surface area (Å²) >= 11 is 0. The van der Waals surface area contributed by atoms with Gasteiger partial charge in [-0.25, -0.2) is 4.39 Å². The van der Waals surface area contributed by atoms with Crippen LogP contribution < -0.4 is 4.74 Å². The lowest BCUT2D eigenvalue weighted by atomic mass is 9.71. The monoisotopic (exact) mass is 222 g/mol. The third-order valence-electron chi connectivity index (χ3n) is 3.36. The van der Waals surface area contributed by atoms with Crippen LogP contribution in [-0.2, 0) is 16.6 Å². The first kappa shape index (κ1) is 11.1. The molecule has 0 atom stereocenters. The van der Waals surface area contributed by atoms with Gasteiger partial charge in [0.2, 0.25) is 0 Å². The second-order valence-electron chi connectivity index (χ2n) is 4.65. The Hall–Kier alpha value is -1.38. The van der Waals surface area contributed by atoms with E-state index in [-0.39, 0.29) is 11.6 Å². The molecule has 0 unspecified atom stereocenters. The van der Waals surface area contributed by atoms with Crippen LogP contribution in [-0.4, -0.2) is 12.9 Å². The molecule has 0 aliphatic heterocycles. The molecule has 3 heteroatoms. The maximum atomic E-state index is 13.7. The van der Waals surface area contributed by atoms with Gasteiger partial charge < -0.3 is 4.74 Å². The Morgan fingerprint density at radius 1 is 1.31 bits per heavy atom. The number of Topliss-reactive ketones (excluding diaryl/α,β-unsaturated/α-hetero) is 1. The summed E-state index contributed by atoms with van der Waals surface area (Å²) < 4.78 is 18.9. The van der Waals surface area contributed by atoms with E-state index in [1.54, 1.807) is 13.2 Å². The van der Waals surface area contributed by atoms with Gasteiger partial charge >= 0.3 is 0 Å². The summed E-state index contributed by atoms with van der Waals surface area (Å²) in [6, 6.07) is 3.00. The normalized spacial score (nSPS) is 18.1. The third kappa shape index (κ3) is 1.42. The molecule has 0 saturated carbocycles. The minimum Gasteiger partial charge on any atom is -0.496 e. The molecule has 0 saturated heterocycles. The van der Waals surface area contributed by atoms with E-state index in [0.29, 0.717) is 29.7 Å². The summed E-state index contributed by atoms with van der Waals surface area (Å²) in [6.45, 7) is 3.66. The van der Waals surface area contributed by atoms with Crippen molar-refractivity contribution in [2.24, 2.45) is 0 Å². The summed E-state index contributed by atoms with van der Waals surface area (Å²) in [5.41, 5.74) is 0.691. The number of ether oxygens (including phenoxy) is 1. The fourth-order valence-corrected chi connectivity index (χ4v) is 2.39. The smallest absolute Gasteiger partial charge is 0.143 e. The maximum absolute atomic E-state index is 13.7. The van der Waals surface area contributed by atoms with Crippen molar-refractivity contribution < 1.29 is 13.9 Å². The minimum atomic E-state index is -0.652. The van der Waals surface area contributed by atoms with Crippen molar-refractivity contribution >= 4 is 5.78 Å². The Kier molecular flexibility index (Phi) is 2.49. The van der Waals surface area contributed by atoms with E-state index in [4.69, 9.17) is 4.74 Å². The van der Waals surface area contributed by atoms with Crippen LogP contribution in [0.1, 0.15) is 31.4 Å². The predicted molar refractivity (Wildman–Crippen MR) is 59.3 cm³/mol. The van der Waals surface area contributed by atoms with Crippen LogP contribution in [0.15, 0.2) is 12.1 Å². The van der Waals surface area contributed by atoms with E-state index in [1.165, 1.54) is 6.07 Å². The van der Waals surface area contributed by atoms with E-state index in [9.17, 15) is 9.18 Å². The lowest BCUT2D eigenvalue weighted by molar-refractivity contribution is -0.124. The first-order chi connectivity index (χ1) is 7.48. The number of hydrogen-bond donors (Lipinski definition) is 0. The van der Waals surface area contributed by atoms with Crippen LogP contribution in [0, 0.1) is 5.82 Å². The number of benzene rings is 1. The molecule has 0 amide bonds. The number of hydrogen-bond acceptors (Lipinski definition) is 2. The van der Waals surface area contributed by atoms with Gasteiger partial charge in [-0.05, 0) is 38.0 Å². The minimum absolute atomic E-state index is 0.143. The molecule has 1 aromatic carbocycles. The average Bonchev–Trinajstić information content (AvgIpc) is 2.24. The van der Waals surface area contributed by atoms with Crippen LogP contribution in [0.25, 0.3) is 0 Å². The lowest BCUT2D eigenvalue weighted by Gasteiger charge is -2.32. The van der Waals surface area contributed by atoms with E-state index in [0.717, 1.165) is 0 Å². The van der Waals surface area contributed by atoms with E-state index >= 15 is 0 Å². The molecule has 0 spiro atoms. The van der Waals surface area contributed by atoms with Crippen LogP contribution in [0.2, 0.25) is 0 Å². The summed E-state index contributed by atoms with van der Waals surface area (Å²) in [4.78, 5) is 11.9. The number of halogens is 1. The molecule has 1 aliphatic rings. The van der Waals surface area contributed by atoms with E-state index < -0.39 is 5.41 Å². The third-order valence-corrected chi connectivity index (χ3v) is 3.36. The highest BCUT2D eigenvalue weighted by Crippen LogP contribution is 2.41. The average molecular weight is 222 g/mol. The van der Waals surface area contributed by atoms with Crippen LogP contribution >= 0.6 is 0 Å². The molecule has 1 aliphatic carbocycles. The second-order valence-corrected chi connectivity index (χ2v) is 4.65. The molecule has 0 radical (unpaired) electrons. The Morgan fingerprint density at radius 3 is 2.62 bits per heavy atom. The van der Waals surface area contributed by atoms with Crippen molar-refractivity contribution in [2.45, 2.75) is 32.1 Å². The molecular weight excluding hydrogens is 207 g/mol. The zero-order valence-electron chi connectivity index (χ0n) is 9.76. The van der Waals surface area contributed by atoms with Crippen molar-refractivity contribution in [3.05, 3.63) is 29.1 Å². The Labute approximate surface area is 94.4 Å². The number of fused-ring (bicyclic) bond motifs is 1. The highest BCUT2D eigenvalue weighted by atomic mass is 19.1. The van der Waals surface area contributed by atoms with Gasteiger partial charge in [0.1, 0.15) is 17.3 Å². The van der Waals surface area contributed by atoms with Crippen molar-refractivity contribution in [3.63, 3.8) is 0 Å². The first-order valence-corrected chi connectivity index (χ1v) is 5.37. The Balaban J connectivity index is 2.72. The SMILES string of the molecule is COc1ccc(F)c2c1C(C)(C)C(=O)CC2. The second kappa shape index (κ2) is 3.58. The van der Waals surface area contributed by atoms with Gasteiger partial charge in [-0.15, -0.1) is 0 Å². The van der Waals surface area contributed by atoms with Gasteiger partial charge in [-0.1, -0.05) is 0 Å². The zero-order valence-corrected chi connectivity index (χ0v) is 9.76. The van der Waals surface area contributed by atoms with Crippen molar-refractivity contribution in [3.8, 4) is 5.75 Å². The van der Waals surface area contributed by atoms with Gasteiger partial charge in [0.15, 0.2) is 0 Å². The summed E-state index contributed by atoms with van der Waals surface area (Å²) in [5.74, 6) is 0.509. The number of rotatable bonds is 1. The molecule has 0 fully saturated rings. The molecule has 0 heterocycles. The molecule has 2 rings (SSSR count). The molecule has 0 aromatic heterocycles. The zero-order chi connectivity index (χ0) is 11.9. The lowest BCUT2D eigenvalue weighted by Crippen LogP contribution is -2.35. The van der Waals surface area contributed by atoms with Gasteiger partial charge in [0.25, 0.3) is 0 Å². The summed E-state index contributed by atoms with van der Waals surface area (Å²) in [6.07, 6.45) is 0.880. The highest BCUT2D eigenvalue weighted by Gasteiger charge is 2.38. The molecule has 1 aromatic rings. The molecule has 2 nitrogen and oxygen atoms in total. The van der Waals surface area contributed by atoms with E-state index in [2.05, 4.69) is 0 Å². The molecule has 0 bridgehead atoms. The summed E-state index contributed by atoms with van der Waals surface area (Å²) in [5, 5.41) is 0. The predicted octanol–water partition coefficient (Wildman–Crippen LogP) is 2.63. The number of carbonyl (C=O) groups excluding carboxylic acids is 1. The highest BCUT2D eigenvalue weighted by molar-refractivity contribution is 5.92. The summed E-state index contributed by atoms with van der Waals surface area (Å²) in [7, 11) is 1.54. The molecular formula is C13H15FO2. The van der Waals surface area contributed by atoms with Gasteiger partial charge in [0.05, 0.1) is 12.5 Å². The molecule has 0 N–H and O–H groups in total. The molecule has 86 valence electrons. The van der Waals surface area contributed by atoms with Crippen molar-refractivity contribution in [1.82, 2.24) is 0 Å².